The van der Waals surface area contributed by atoms with Gasteiger partial charge >= 0.3 is 0 Å². The van der Waals surface area contributed by atoms with Gasteiger partial charge in [0, 0.05) is 5.69 Å². The number of aromatic amines is 1. The summed E-state index contributed by atoms with van der Waals surface area (Å²) in [6.45, 7) is 3.53. The molecule has 4 aromatic rings. The molecule has 2 N–H and O–H groups in total. The summed E-state index contributed by atoms with van der Waals surface area (Å²) in [7, 11) is 0. The number of benzene rings is 3. The summed E-state index contributed by atoms with van der Waals surface area (Å²) in [5.74, 6) is -0.777. The van der Waals surface area contributed by atoms with E-state index in [4.69, 9.17) is 0 Å². The first-order valence-electron chi connectivity index (χ1n) is 10.4. The number of nitrogens with zero attached hydrogens (tertiary/aromatic N) is 2. The summed E-state index contributed by atoms with van der Waals surface area (Å²) in [4.78, 5) is 26.2. The van der Waals surface area contributed by atoms with Crippen LogP contribution in [-0.4, -0.2) is 21.4 Å². The summed E-state index contributed by atoms with van der Waals surface area (Å²) < 4.78 is 1.47. The maximum absolute atomic E-state index is 13.2. The summed E-state index contributed by atoms with van der Waals surface area (Å²) >= 11 is 0. The fourth-order valence-electron chi connectivity index (χ4n) is 3.78. The molecule has 0 spiro atoms. The van der Waals surface area contributed by atoms with Crippen LogP contribution in [0.2, 0.25) is 0 Å². The van der Waals surface area contributed by atoms with Crippen molar-refractivity contribution >= 4 is 11.6 Å². The molecule has 1 aromatic heterocycles. The lowest BCUT2D eigenvalue weighted by Crippen LogP contribution is -2.28. The van der Waals surface area contributed by atoms with Crippen LogP contribution in [0.5, 0.6) is 0 Å². The van der Waals surface area contributed by atoms with Crippen molar-refractivity contribution in [2.45, 2.75) is 19.8 Å². The molecule has 0 saturated carbocycles. The van der Waals surface area contributed by atoms with Crippen molar-refractivity contribution in [1.29, 1.82) is 0 Å². The summed E-state index contributed by atoms with van der Waals surface area (Å²) in [6.07, 6.45) is 0. The van der Waals surface area contributed by atoms with Crippen molar-refractivity contribution in [2.24, 2.45) is 5.10 Å². The Labute approximate surface area is 186 Å². The van der Waals surface area contributed by atoms with Gasteiger partial charge < -0.3 is 0 Å². The number of H-pyrrole nitrogens is 1. The molecule has 3 aromatic carbocycles. The van der Waals surface area contributed by atoms with E-state index in [1.165, 1.54) is 4.68 Å². The average Bonchev–Trinajstić information content (AvgIpc) is 3.13. The zero-order valence-corrected chi connectivity index (χ0v) is 17.9. The second kappa shape index (κ2) is 9.31. The highest BCUT2D eigenvalue weighted by Gasteiger charge is 2.23. The number of aromatic nitrogens is 2. The molecule has 0 saturated heterocycles. The Morgan fingerprint density at radius 1 is 0.875 bits per heavy atom. The second-order valence-corrected chi connectivity index (χ2v) is 7.52. The second-order valence-electron chi connectivity index (χ2n) is 7.52. The van der Waals surface area contributed by atoms with Crippen LogP contribution in [0.15, 0.2) is 101 Å². The van der Waals surface area contributed by atoms with Crippen molar-refractivity contribution in [3.05, 3.63) is 124 Å². The van der Waals surface area contributed by atoms with Crippen LogP contribution in [-0.2, 0) is 4.79 Å². The van der Waals surface area contributed by atoms with Crippen LogP contribution in [0.25, 0.3) is 5.69 Å². The summed E-state index contributed by atoms with van der Waals surface area (Å²) in [5, 5.41) is 7.36. The molecule has 0 unspecified atom stereocenters. The summed E-state index contributed by atoms with van der Waals surface area (Å²) in [5.41, 5.74) is 6.47. The van der Waals surface area contributed by atoms with E-state index in [1.54, 1.807) is 6.92 Å². The number of carbonyl (C=O) groups excluding carboxylic acids is 1. The molecule has 0 radical (unpaired) electrons. The Morgan fingerprint density at radius 2 is 1.38 bits per heavy atom. The van der Waals surface area contributed by atoms with Crippen molar-refractivity contribution in [3.63, 3.8) is 0 Å². The minimum atomic E-state index is -0.512. The molecular weight excluding hydrogens is 400 g/mol. The Morgan fingerprint density at radius 3 is 1.91 bits per heavy atom. The van der Waals surface area contributed by atoms with E-state index >= 15 is 0 Å². The van der Waals surface area contributed by atoms with Gasteiger partial charge in [0.1, 0.15) is 0 Å². The molecule has 1 heterocycles. The maximum atomic E-state index is 13.2. The zero-order valence-electron chi connectivity index (χ0n) is 17.9. The largest absolute Gasteiger partial charge is 0.295 e. The highest BCUT2D eigenvalue weighted by atomic mass is 16.2. The first-order valence-corrected chi connectivity index (χ1v) is 10.4. The number of hydrogen-bond acceptors (Lipinski definition) is 3. The molecular formula is C26H24N4O2. The third-order valence-corrected chi connectivity index (χ3v) is 5.31. The van der Waals surface area contributed by atoms with Crippen LogP contribution in [0.4, 0.5) is 0 Å². The zero-order chi connectivity index (χ0) is 22.5. The molecule has 160 valence electrons. The van der Waals surface area contributed by atoms with Crippen molar-refractivity contribution in [2.75, 3.05) is 0 Å². The quantitative estimate of drug-likeness (QED) is 0.360. The van der Waals surface area contributed by atoms with E-state index in [1.807, 2.05) is 97.9 Å². The van der Waals surface area contributed by atoms with E-state index in [0.717, 1.165) is 16.8 Å². The van der Waals surface area contributed by atoms with Gasteiger partial charge in [0.15, 0.2) is 0 Å². The van der Waals surface area contributed by atoms with Gasteiger partial charge in [-0.15, -0.1) is 0 Å². The van der Waals surface area contributed by atoms with Gasteiger partial charge in [0.2, 0.25) is 0 Å². The lowest BCUT2D eigenvalue weighted by molar-refractivity contribution is -0.121. The first-order chi connectivity index (χ1) is 15.6. The fraction of sp³-hybridized carbons (Fsp3) is 0.115. The molecule has 0 aliphatic carbocycles. The highest BCUT2D eigenvalue weighted by Crippen LogP contribution is 2.24. The number of nitrogens with one attached hydrogen (secondary N) is 2. The number of para-hydroxylation sites is 1. The number of hydrazone groups is 1. The van der Waals surface area contributed by atoms with Crippen LogP contribution < -0.4 is 11.0 Å². The smallest absolute Gasteiger partial charge is 0.280 e. The first kappa shape index (κ1) is 21.1. The predicted octanol–water partition coefficient (Wildman–Crippen LogP) is 4.15. The Hall–Kier alpha value is -4.19. The molecule has 0 atom stereocenters. The normalized spacial score (nSPS) is 11.5. The van der Waals surface area contributed by atoms with Gasteiger partial charge in [-0.2, -0.15) is 5.10 Å². The molecule has 6 heteroatoms. The lowest BCUT2D eigenvalue weighted by atomic mass is 9.91. The molecule has 32 heavy (non-hydrogen) atoms. The molecule has 0 fully saturated rings. The average molecular weight is 425 g/mol. The van der Waals surface area contributed by atoms with E-state index in [9.17, 15) is 9.59 Å². The third-order valence-electron chi connectivity index (χ3n) is 5.31. The third kappa shape index (κ3) is 4.30. The minimum absolute atomic E-state index is 0.216. The van der Waals surface area contributed by atoms with Gasteiger partial charge in [-0.25, -0.2) is 10.1 Å². The van der Waals surface area contributed by atoms with Gasteiger partial charge in [0.25, 0.3) is 11.5 Å². The fourth-order valence-corrected chi connectivity index (χ4v) is 3.78. The monoisotopic (exact) mass is 424 g/mol. The van der Waals surface area contributed by atoms with E-state index in [-0.39, 0.29) is 11.5 Å². The van der Waals surface area contributed by atoms with Gasteiger partial charge in [-0.3, -0.25) is 14.7 Å². The van der Waals surface area contributed by atoms with E-state index < -0.39 is 5.92 Å². The Balaban J connectivity index is 1.63. The molecule has 1 amide bonds. The number of amides is 1. The number of aryl methyl sites for hydroxylation is 1. The highest BCUT2D eigenvalue weighted by molar-refractivity contribution is 6.00. The standard InChI is InChI=1S/C26H24N4O2/c1-18(23-19(2)29-30(26(23)32)22-16-10-5-11-17-22)27-28-25(31)24(20-12-6-3-7-13-20)21-14-8-4-9-15-21/h3-17,24,29H,1-2H3,(H,28,31)/b27-18+. The Bertz CT molecular complexity index is 1250. The lowest BCUT2D eigenvalue weighted by Gasteiger charge is -2.16. The maximum Gasteiger partial charge on any atom is 0.280 e. The molecule has 4 rings (SSSR count). The Kier molecular flexibility index (Phi) is 6.12. The van der Waals surface area contributed by atoms with Crippen LogP contribution in [0, 0.1) is 6.92 Å². The molecule has 0 aliphatic rings. The number of hydrogen-bond donors (Lipinski definition) is 2. The summed E-state index contributed by atoms with van der Waals surface area (Å²) in [6, 6.07) is 28.4. The molecule has 0 bridgehead atoms. The van der Waals surface area contributed by atoms with Crippen LogP contribution >= 0.6 is 0 Å². The van der Waals surface area contributed by atoms with Crippen LogP contribution in [0.3, 0.4) is 0 Å². The van der Waals surface area contributed by atoms with Gasteiger partial charge in [-0.1, -0.05) is 78.9 Å². The van der Waals surface area contributed by atoms with Crippen molar-refractivity contribution in [3.8, 4) is 5.69 Å². The minimum Gasteiger partial charge on any atom is -0.295 e. The van der Waals surface area contributed by atoms with Gasteiger partial charge in [-0.05, 0) is 37.1 Å². The SMILES string of the molecule is C/C(=N\NC(=O)C(c1ccccc1)c1ccccc1)c1c(C)[nH]n(-c2ccccc2)c1=O. The number of carbonyl (C=O) groups is 1. The van der Waals surface area contributed by atoms with E-state index in [2.05, 4.69) is 15.6 Å². The topological polar surface area (TPSA) is 79.2 Å². The predicted molar refractivity (Wildman–Crippen MR) is 126 cm³/mol. The van der Waals surface area contributed by atoms with E-state index in [0.29, 0.717) is 17.0 Å². The molecule has 6 nitrogen and oxygen atoms in total. The van der Waals surface area contributed by atoms with Crippen molar-refractivity contribution < 1.29 is 4.79 Å². The van der Waals surface area contributed by atoms with Crippen molar-refractivity contribution in [1.82, 2.24) is 15.2 Å². The van der Waals surface area contributed by atoms with Crippen LogP contribution in [0.1, 0.15) is 35.2 Å². The van der Waals surface area contributed by atoms with Gasteiger partial charge in [0.05, 0.1) is 22.9 Å². The molecule has 0 aliphatic heterocycles. The number of rotatable bonds is 6.